The number of aromatic hydroxyl groups is 1. The number of aryl methyl sites for hydroxylation is 1. The van der Waals surface area contributed by atoms with Crippen LogP contribution >= 0.6 is 19.6 Å². The molecule has 4 atom stereocenters. The molecule has 1 aromatic heterocycles. The number of amides is 4. The van der Waals surface area contributed by atoms with Crippen molar-refractivity contribution in [3.8, 4) is 5.75 Å². The molecule has 1 aromatic rings. The topological polar surface area (TPSA) is 291 Å². The van der Waals surface area contributed by atoms with Crippen molar-refractivity contribution < 1.29 is 58.2 Å². The molecule has 20 heteroatoms. The third kappa shape index (κ3) is 14.2. The van der Waals surface area contributed by atoms with Crippen molar-refractivity contribution in [2.24, 2.45) is 10.7 Å². The largest absolute Gasteiger partial charge is 0.505 e. The molecule has 2 saturated heterocycles. The number of dihydropyridines is 1. The zero-order valence-corrected chi connectivity index (χ0v) is 29.3. The summed E-state index contributed by atoms with van der Waals surface area (Å²) in [5.74, 6) is -1.49. The number of phosphoric ester groups is 1. The number of thioether (sulfide) groups is 1. The fourth-order valence-corrected chi connectivity index (χ4v) is 6.99. The van der Waals surface area contributed by atoms with Gasteiger partial charge in [-0.15, -0.1) is 0 Å². The number of imide groups is 1. The SMILES string of the molecule is C1=CCCN=C1.Cc1ncc(COP(=O)(O)O)c(C=O)c1O.NCCCC[C@@H](C(=O)O)N(C(=O)O)C(=O)CCCC[C@@H]1SC[C@@H]2NC(=O)N[C@@H]21. The third-order valence-corrected chi connectivity index (χ3v) is 9.66. The molecule has 0 spiro atoms. The fraction of sp³-hybridized carbons (Fsp3) is 0.567. The lowest BCUT2D eigenvalue weighted by Gasteiger charge is -2.24. The fourth-order valence-electron chi connectivity index (χ4n) is 5.14. The molecule has 4 rings (SSSR count). The van der Waals surface area contributed by atoms with Crippen molar-refractivity contribution >= 4 is 56.1 Å². The van der Waals surface area contributed by atoms with Crippen molar-refractivity contribution in [1.82, 2.24) is 20.5 Å². The smallest absolute Gasteiger partial charge is 0.469 e. The van der Waals surface area contributed by atoms with Gasteiger partial charge in [-0.05, 0) is 58.1 Å². The van der Waals surface area contributed by atoms with Gasteiger partial charge >= 0.3 is 25.9 Å². The minimum absolute atomic E-state index is 0.0247. The maximum absolute atomic E-state index is 12.4. The quantitative estimate of drug-likeness (QED) is 0.0553. The first-order chi connectivity index (χ1) is 23.7. The second-order valence-corrected chi connectivity index (χ2v) is 13.8. The number of nitrogens with one attached hydrogen (secondary N) is 2. The van der Waals surface area contributed by atoms with Crippen molar-refractivity contribution in [2.75, 3.05) is 18.8 Å². The number of aliphatic carboxylic acids is 1. The number of unbranched alkanes of at least 4 members (excludes halogenated alkanes) is 2. The molecule has 4 amide bonds. The van der Waals surface area contributed by atoms with E-state index in [0.29, 0.717) is 43.4 Å². The molecule has 278 valence electrons. The lowest BCUT2D eigenvalue weighted by atomic mass is 10.0. The highest BCUT2D eigenvalue weighted by Crippen LogP contribution is 2.38. The number of aldehydes is 1. The Morgan fingerprint density at radius 1 is 1.20 bits per heavy atom. The van der Waals surface area contributed by atoms with Crippen molar-refractivity contribution in [3.63, 3.8) is 0 Å². The second-order valence-electron chi connectivity index (χ2n) is 11.3. The van der Waals surface area contributed by atoms with Crippen LogP contribution in [0.3, 0.4) is 0 Å². The number of hydrogen-bond donors (Lipinski definition) is 8. The lowest BCUT2D eigenvalue weighted by Crippen LogP contribution is -2.48. The van der Waals surface area contributed by atoms with E-state index in [0.717, 1.165) is 25.1 Å². The number of phosphoric acid groups is 1. The number of aromatic nitrogens is 1. The molecule has 3 aliphatic rings. The summed E-state index contributed by atoms with van der Waals surface area (Å²) in [6.45, 7) is 2.36. The van der Waals surface area contributed by atoms with Gasteiger partial charge in [0.05, 0.1) is 29.9 Å². The number of carboxylic acid groups (broad SMARTS) is 2. The van der Waals surface area contributed by atoms with E-state index in [2.05, 4.69) is 31.2 Å². The molecule has 0 unspecified atom stereocenters. The van der Waals surface area contributed by atoms with E-state index < -0.39 is 38.4 Å². The first-order valence-corrected chi connectivity index (χ1v) is 18.4. The van der Waals surface area contributed by atoms with E-state index in [1.807, 2.05) is 12.3 Å². The zero-order chi connectivity index (χ0) is 37.3. The van der Waals surface area contributed by atoms with Gasteiger partial charge in [-0.3, -0.25) is 24.1 Å². The average Bonchev–Trinajstić information content (AvgIpc) is 3.63. The number of nitrogens with two attached hydrogens (primary N) is 1. The predicted molar refractivity (Wildman–Crippen MR) is 183 cm³/mol. The number of hydrogen-bond acceptors (Lipinski definition) is 12. The maximum atomic E-state index is 12.4. The molecule has 18 nitrogen and oxygen atoms in total. The highest BCUT2D eigenvalue weighted by molar-refractivity contribution is 8.00. The Morgan fingerprint density at radius 3 is 2.48 bits per heavy atom. The number of carbonyl (C=O) groups excluding carboxylic acids is 3. The highest BCUT2D eigenvalue weighted by atomic mass is 32.2. The Balaban J connectivity index is 0.000000327. The number of carbonyl (C=O) groups is 5. The van der Waals surface area contributed by atoms with Crippen LogP contribution in [0.2, 0.25) is 0 Å². The number of urea groups is 1. The number of nitrogens with zero attached hydrogens (tertiary/aromatic N) is 3. The van der Waals surface area contributed by atoms with E-state index in [4.69, 9.17) is 15.5 Å². The summed E-state index contributed by atoms with van der Waals surface area (Å²) < 4.78 is 14.7. The summed E-state index contributed by atoms with van der Waals surface area (Å²) in [4.78, 5) is 82.5. The van der Waals surface area contributed by atoms with Crippen molar-refractivity contribution in [3.05, 3.63) is 35.2 Å². The molecular weight excluding hydrogens is 699 g/mol. The standard InChI is InChI=1S/C17H28N4O6S.C8H10NO6P.C5H7N/c18-8-4-3-5-11(15(23)24)21(17(26)27)13(22)7-2-1-6-12-14-10(9-28-12)19-16(25)20-14;1-5-8(11)7(3-10)6(2-9-5)4-15-16(12,13)14;1-2-4-6-5-3-1/h10-12,14H,1-9,18H2,(H,23,24)(H,26,27)(H2,19,20,25);2-3,11H,4H2,1H3,(H2,12,13,14);1-2,4H,3,5H2/t10-,11-,12-,14-;;/m0../s1. The molecule has 9 N–H and O–H groups in total. The van der Waals surface area contributed by atoms with Gasteiger partial charge in [0.2, 0.25) is 5.91 Å². The first-order valence-electron chi connectivity index (χ1n) is 15.8. The molecule has 0 saturated carbocycles. The number of fused-ring (bicyclic) bond motifs is 1. The van der Waals surface area contributed by atoms with Gasteiger partial charge in [0, 0.05) is 41.9 Å². The van der Waals surface area contributed by atoms with Gasteiger partial charge in [-0.2, -0.15) is 11.8 Å². The number of pyridine rings is 1. The van der Waals surface area contributed by atoms with Crippen LogP contribution in [-0.4, -0.2) is 114 Å². The predicted octanol–water partition coefficient (Wildman–Crippen LogP) is 2.34. The molecule has 4 heterocycles. The van der Waals surface area contributed by atoms with E-state index in [1.54, 1.807) is 11.8 Å². The van der Waals surface area contributed by atoms with Crippen LogP contribution in [0.1, 0.15) is 73.0 Å². The minimum Gasteiger partial charge on any atom is -0.505 e. The Kier molecular flexibility index (Phi) is 18.1. The van der Waals surface area contributed by atoms with Crippen molar-refractivity contribution in [1.29, 1.82) is 0 Å². The third-order valence-electron chi connectivity index (χ3n) is 7.69. The first kappa shape index (κ1) is 42.3. The van der Waals surface area contributed by atoms with E-state index in [9.17, 15) is 43.9 Å². The number of carboxylic acids is 1. The molecule has 3 aliphatic heterocycles. The second kappa shape index (κ2) is 21.4. The monoisotopic (exact) mass is 744 g/mol. The maximum Gasteiger partial charge on any atom is 0.469 e. The summed E-state index contributed by atoms with van der Waals surface area (Å²) in [5.41, 5.74) is 5.67. The summed E-state index contributed by atoms with van der Waals surface area (Å²) >= 11 is 1.77. The number of allylic oxidation sites excluding steroid dienone is 1. The van der Waals surface area contributed by atoms with Crippen LogP contribution in [0.15, 0.2) is 23.3 Å². The van der Waals surface area contributed by atoms with Crippen LogP contribution in [0, 0.1) is 6.92 Å². The van der Waals surface area contributed by atoms with Crippen LogP contribution < -0.4 is 16.4 Å². The van der Waals surface area contributed by atoms with E-state index in [1.165, 1.54) is 13.1 Å². The molecule has 0 radical (unpaired) electrons. The molecule has 0 aromatic carbocycles. The summed E-state index contributed by atoms with van der Waals surface area (Å²) in [6, 6.07) is -1.32. The van der Waals surface area contributed by atoms with E-state index in [-0.39, 0.29) is 58.8 Å². The summed E-state index contributed by atoms with van der Waals surface area (Å²) in [6.07, 6.45) is 10.1. The lowest BCUT2D eigenvalue weighted by molar-refractivity contribution is -0.148. The summed E-state index contributed by atoms with van der Waals surface area (Å²) in [7, 11) is -4.61. The normalized spacial score (nSPS) is 19.4. The average molecular weight is 745 g/mol. The Hall–Kier alpha value is -3.87. The van der Waals surface area contributed by atoms with Gasteiger partial charge < -0.3 is 41.5 Å². The van der Waals surface area contributed by atoms with Crippen LogP contribution in [0.5, 0.6) is 5.75 Å². The molecule has 0 aliphatic carbocycles. The Labute approximate surface area is 293 Å². The van der Waals surface area contributed by atoms with Gasteiger partial charge in [0.25, 0.3) is 0 Å². The van der Waals surface area contributed by atoms with Crippen LogP contribution in [0.25, 0.3) is 0 Å². The molecule has 2 fully saturated rings. The number of rotatable bonds is 15. The van der Waals surface area contributed by atoms with E-state index >= 15 is 0 Å². The van der Waals surface area contributed by atoms with Crippen LogP contribution in [-0.2, 0) is 25.3 Å². The van der Waals surface area contributed by atoms with Gasteiger partial charge in [-0.1, -0.05) is 12.5 Å². The van der Waals surface area contributed by atoms with Gasteiger partial charge in [0.1, 0.15) is 11.8 Å². The molecular formula is C30H45N6O12PS. The Bertz CT molecular complexity index is 1430. The molecule has 50 heavy (non-hydrogen) atoms. The highest BCUT2D eigenvalue weighted by Gasteiger charge is 2.42. The zero-order valence-electron chi connectivity index (χ0n) is 27.5. The minimum atomic E-state index is -4.61. The molecule has 0 bridgehead atoms. The van der Waals surface area contributed by atoms with Gasteiger partial charge in [-0.25, -0.2) is 23.8 Å². The Morgan fingerprint density at radius 2 is 1.94 bits per heavy atom. The van der Waals surface area contributed by atoms with Gasteiger partial charge in [0.15, 0.2) is 6.29 Å². The van der Waals surface area contributed by atoms with Crippen molar-refractivity contribution in [2.45, 2.75) is 88.3 Å². The number of aliphatic imine (C=N–C) groups is 1. The van der Waals surface area contributed by atoms with Crippen LogP contribution in [0.4, 0.5) is 9.59 Å². The summed E-state index contributed by atoms with van der Waals surface area (Å²) in [5, 5.41) is 34.2.